The van der Waals surface area contributed by atoms with E-state index in [0.717, 1.165) is 5.56 Å². The van der Waals surface area contributed by atoms with Gasteiger partial charge in [-0.3, -0.25) is 0 Å². The van der Waals surface area contributed by atoms with E-state index in [9.17, 15) is 8.60 Å². The van der Waals surface area contributed by atoms with Gasteiger partial charge < -0.3 is 0 Å². The summed E-state index contributed by atoms with van der Waals surface area (Å²) in [6, 6.07) is 9.47. The van der Waals surface area contributed by atoms with Gasteiger partial charge in [0.25, 0.3) is 0 Å². The van der Waals surface area contributed by atoms with E-state index in [0.29, 0.717) is 0 Å². The highest BCUT2D eigenvalue weighted by molar-refractivity contribution is 7.84. The molecule has 1 aromatic carbocycles. The van der Waals surface area contributed by atoms with Crippen molar-refractivity contribution in [1.29, 1.82) is 0 Å². The van der Waals surface area contributed by atoms with Crippen LogP contribution >= 0.6 is 0 Å². The molecule has 0 heterocycles. The average molecular weight is 283 g/mol. The lowest BCUT2D eigenvalue weighted by atomic mass is 9.89. The molecule has 2 nitrogen and oxygen atoms in total. The van der Waals surface area contributed by atoms with E-state index >= 15 is 0 Å². The molecule has 0 saturated carbocycles. The van der Waals surface area contributed by atoms with Crippen LogP contribution in [0.5, 0.6) is 0 Å². The minimum absolute atomic E-state index is 0.0961. The largest absolute Gasteiger partial charge is 0.242 e. The minimum atomic E-state index is -1.28. The summed E-state index contributed by atoms with van der Waals surface area (Å²) in [5.74, 6) is -0.426. The third-order valence-corrected chi connectivity index (χ3v) is 4.58. The van der Waals surface area contributed by atoms with Gasteiger partial charge in [-0.2, -0.15) is 0 Å². The van der Waals surface area contributed by atoms with Crippen LogP contribution in [-0.2, 0) is 16.5 Å². The molecule has 1 aromatic rings. The van der Waals surface area contributed by atoms with Crippen molar-refractivity contribution < 1.29 is 8.60 Å². The lowest BCUT2D eigenvalue weighted by molar-refractivity contribution is 0.397. The number of halogens is 1. The standard InChI is InChI=1S/C15H22FNOS/c1-12(16)11-15(5,13-9-7-6-8-10-13)17-19(18)14(2,3)4/h6-10,17H,1,11H2,2-5H3/t15-,19+/m1/s1. The Kier molecular flexibility index (Phi) is 5.04. The third-order valence-electron chi connectivity index (χ3n) is 2.83. The number of nitrogens with one attached hydrogen (secondary N) is 1. The summed E-state index contributed by atoms with van der Waals surface area (Å²) in [4.78, 5) is 0. The van der Waals surface area contributed by atoms with E-state index in [-0.39, 0.29) is 6.42 Å². The molecular weight excluding hydrogens is 261 g/mol. The molecular formula is C15H22FNOS. The van der Waals surface area contributed by atoms with Crippen LogP contribution in [0, 0.1) is 0 Å². The summed E-state index contributed by atoms with van der Waals surface area (Å²) < 4.78 is 28.2. The van der Waals surface area contributed by atoms with Gasteiger partial charge in [0.2, 0.25) is 0 Å². The molecule has 0 spiro atoms. The molecule has 1 N–H and O–H groups in total. The van der Waals surface area contributed by atoms with Gasteiger partial charge in [0.15, 0.2) is 0 Å². The second kappa shape index (κ2) is 5.97. The first-order valence-electron chi connectivity index (χ1n) is 6.24. The van der Waals surface area contributed by atoms with Gasteiger partial charge in [-0.25, -0.2) is 13.3 Å². The molecule has 0 radical (unpaired) electrons. The molecule has 0 aromatic heterocycles. The van der Waals surface area contributed by atoms with Crippen LogP contribution in [-0.4, -0.2) is 8.96 Å². The van der Waals surface area contributed by atoms with Crippen molar-refractivity contribution in [2.45, 2.75) is 44.4 Å². The first kappa shape index (κ1) is 16.1. The zero-order valence-corrected chi connectivity index (χ0v) is 12.8. The fourth-order valence-corrected chi connectivity index (χ4v) is 2.65. The van der Waals surface area contributed by atoms with Crippen molar-refractivity contribution in [3.63, 3.8) is 0 Å². The van der Waals surface area contributed by atoms with Gasteiger partial charge in [0, 0.05) is 6.42 Å². The van der Waals surface area contributed by atoms with Crippen molar-refractivity contribution >= 4 is 11.0 Å². The Morgan fingerprint density at radius 3 is 2.21 bits per heavy atom. The van der Waals surface area contributed by atoms with Crippen LogP contribution in [0.4, 0.5) is 4.39 Å². The SMILES string of the molecule is C=C(F)C[C@@](C)(N[S@@](=O)C(C)(C)C)c1ccccc1. The van der Waals surface area contributed by atoms with Crippen LogP contribution < -0.4 is 4.72 Å². The van der Waals surface area contributed by atoms with Crippen LogP contribution in [0.3, 0.4) is 0 Å². The highest BCUT2D eigenvalue weighted by Crippen LogP contribution is 2.30. The van der Waals surface area contributed by atoms with Crippen molar-refractivity contribution in [3.8, 4) is 0 Å². The molecule has 0 saturated heterocycles. The Morgan fingerprint density at radius 1 is 1.26 bits per heavy atom. The summed E-state index contributed by atoms with van der Waals surface area (Å²) in [6.07, 6.45) is 0.0961. The molecule has 0 fully saturated rings. The first-order valence-corrected chi connectivity index (χ1v) is 7.39. The van der Waals surface area contributed by atoms with E-state index in [2.05, 4.69) is 11.3 Å². The van der Waals surface area contributed by atoms with Gasteiger partial charge in [0.1, 0.15) is 0 Å². The van der Waals surface area contributed by atoms with E-state index in [1.807, 2.05) is 58.0 Å². The fraction of sp³-hybridized carbons (Fsp3) is 0.467. The zero-order valence-electron chi connectivity index (χ0n) is 12.0. The molecule has 0 aliphatic heterocycles. The van der Waals surface area contributed by atoms with E-state index < -0.39 is 27.1 Å². The van der Waals surface area contributed by atoms with Crippen molar-refractivity contribution in [2.75, 3.05) is 0 Å². The second-order valence-electron chi connectivity index (χ2n) is 5.88. The summed E-state index contributed by atoms with van der Waals surface area (Å²) in [6.45, 7) is 10.8. The highest BCUT2D eigenvalue weighted by Gasteiger charge is 2.33. The fourth-order valence-electron chi connectivity index (χ4n) is 1.74. The maximum absolute atomic E-state index is 13.3. The predicted molar refractivity (Wildman–Crippen MR) is 79.7 cm³/mol. The van der Waals surface area contributed by atoms with Crippen molar-refractivity contribution in [3.05, 3.63) is 48.3 Å². The van der Waals surface area contributed by atoms with Crippen LogP contribution in [0.15, 0.2) is 42.7 Å². The summed E-state index contributed by atoms with van der Waals surface area (Å²) in [5, 5.41) is 0. The molecule has 106 valence electrons. The Labute approximate surface area is 117 Å². The summed E-state index contributed by atoms with van der Waals surface area (Å²) >= 11 is 0. The predicted octanol–water partition coefficient (Wildman–Crippen LogP) is 3.83. The maximum Gasteiger partial charge on any atom is 0.0978 e. The van der Waals surface area contributed by atoms with Crippen molar-refractivity contribution in [2.24, 2.45) is 0 Å². The number of hydrogen-bond donors (Lipinski definition) is 1. The molecule has 0 aliphatic carbocycles. The van der Waals surface area contributed by atoms with Crippen LogP contribution in [0.1, 0.15) is 39.7 Å². The molecule has 0 aliphatic rings. The van der Waals surface area contributed by atoms with Gasteiger partial charge in [-0.05, 0) is 33.3 Å². The average Bonchev–Trinajstić information content (AvgIpc) is 2.27. The smallest absolute Gasteiger partial charge is 0.0978 e. The highest BCUT2D eigenvalue weighted by atomic mass is 32.2. The molecule has 19 heavy (non-hydrogen) atoms. The first-order chi connectivity index (χ1) is 8.65. The Bertz CT molecular complexity index is 467. The maximum atomic E-state index is 13.3. The Hall–Kier alpha value is -1.00. The molecule has 2 atom stereocenters. The van der Waals surface area contributed by atoms with Gasteiger partial charge in [-0.15, -0.1) is 0 Å². The van der Waals surface area contributed by atoms with Crippen LogP contribution in [0.25, 0.3) is 0 Å². The van der Waals surface area contributed by atoms with E-state index in [4.69, 9.17) is 0 Å². The number of benzene rings is 1. The third kappa shape index (κ3) is 4.55. The molecule has 0 bridgehead atoms. The van der Waals surface area contributed by atoms with Gasteiger partial charge in [-0.1, -0.05) is 36.9 Å². The lowest BCUT2D eigenvalue weighted by Gasteiger charge is -2.33. The van der Waals surface area contributed by atoms with Crippen LogP contribution in [0.2, 0.25) is 0 Å². The van der Waals surface area contributed by atoms with Gasteiger partial charge >= 0.3 is 0 Å². The van der Waals surface area contributed by atoms with E-state index in [1.54, 1.807) is 0 Å². The molecule has 0 unspecified atom stereocenters. The summed E-state index contributed by atoms with van der Waals surface area (Å²) in [5.41, 5.74) is 0.164. The normalized spacial score (nSPS) is 16.7. The minimum Gasteiger partial charge on any atom is -0.242 e. The zero-order chi connectivity index (χ0) is 14.7. The van der Waals surface area contributed by atoms with E-state index in [1.165, 1.54) is 0 Å². The quantitative estimate of drug-likeness (QED) is 0.874. The second-order valence-corrected chi connectivity index (χ2v) is 7.84. The van der Waals surface area contributed by atoms with Crippen molar-refractivity contribution in [1.82, 2.24) is 4.72 Å². The number of hydrogen-bond acceptors (Lipinski definition) is 1. The monoisotopic (exact) mass is 283 g/mol. The Balaban J connectivity index is 3.08. The summed E-state index contributed by atoms with van der Waals surface area (Å²) in [7, 11) is -1.28. The Morgan fingerprint density at radius 2 is 1.79 bits per heavy atom. The number of rotatable bonds is 5. The topological polar surface area (TPSA) is 29.1 Å². The molecule has 4 heteroatoms. The molecule has 1 rings (SSSR count). The molecule has 0 amide bonds. The van der Waals surface area contributed by atoms with Gasteiger partial charge in [0.05, 0.1) is 27.1 Å². The lowest BCUT2D eigenvalue weighted by Crippen LogP contribution is -2.46.